The molecule has 5 heterocycles. The fraction of sp³-hybridized carbons (Fsp3) is 0.250. The van der Waals surface area contributed by atoms with Gasteiger partial charge in [-0.05, 0) is 35.9 Å². The number of aromatic nitrogens is 3. The molecule has 3 aromatic heterocycles. The van der Waals surface area contributed by atoms with Crippen molar-refractivity contribution < 1.29 is 22.8 Å². The maximum atomic E-state index is 14.1. The zero-order valence-corrected chi connectivity index (χ0v) is 20.2. The molecule has 1 aromatic carbocycles. The van der Waals surface area contributed by atoms with E-state index in [1.54, 1.807) is 42.0 Å². The van der Waals surface area contributed by atoms with E-state index in [4.69, 9.17) is 4.98 Å². The minimum absolute atomic E-state index is 0.0990. The predicted molar refractivity (Wildman–Crippen MR) is 134 cm³/mol. The zero-order chi connectivity index (χ0) is 26.5. The van der Waals surface area contributed by atoms with Crippen molar-refractivity contribution in [2.24, 2.45) is 0 Å². The number of fused-ring (bicyclic) bond motifs is 3. The van der Waals surface area contributed by atoms with E-state index in [-0.39, 0.29) is 38.4 Å². The monoisotopic (exact) mass is 517 g/mol. The van der Waals surface area contributed by atoms with Gasteiger partial charge in [-0.1, -0.05) is 30.3 Å². The Balaban J connectivity index is 1.39. The minimum Gasteiger partial charge on any atom is -0.335 e. The van der Waals surface area contributed by atoms with Crippen molar-refractivity contribution in [2.45, 2.75) is 31.0 Å². The van der Waals surface area contributed by atoms with Crippen molar-refractivity contribution in [1.82, 2.24) is 19.9 Å². The number of hydrogen-bond acceptors (Lipinski definition) is 5. The molecule has 0 unspecified atom stereocenters. The topological polar surface area (TPSA) is 79.3 Å². The van der Waals surface area contributed by atoms with Crippen LogP contribution >= 0.6 is 0 Å². The number of carbonyl (C=O) groups is 2. The van der Waals surface area contributed by atoms with Gasteiger partial charge in [0.25, 0.3) is 0 Å². The highest BCUT2D eigenvalue weighted by molar-refractivity contribution is 6.08. The van der Waals surface area contributed by atoms with Crippen LogP contribution < -0.4 is 4.90 Å². The van der Waals surface area contributed by atoms with Crippen LogP contribution in [0.2, 0.25) is 0 Å². The van der Waals surface area contributed by atoms with Gasteiger partial charge in [-0.15, -0.1) is 0 Å². The van der Waals surface area contributed by atoms with Crippen molar-refractivity contribution >= 4 is 28.3 Å². The lowest BCUT2D eigenvalue weighted by molar-refractivity contribution is -0.187. The van der Waals surface area contributed by atoms with Crippen LogP contribution in [0.15, 0.2) is 73.4 Å². The van der Waals surface area contributed by atoms with Crippen LogP contribution in [0.25, 0.3) is 21.9 Å². The molecule has 0 N–H and O–H groups in total. The van der Waals surface area contributed by atoms with Gasteiger partial charge >= 0.3 is 12.1 Å². The second-order valence-electron chi connectivity index (χ2n) is 9.57. The lowest BCUT2D eigenvalue weighted by atomic mass is 9.74. The highest BCUT2D eigenvalue weighted by atomic mass is 19.4. The molecule has 1 fully saturated rings. The summed E-state index contributed by atoms with van der Waals surface area (Å²) in [5.41, 5.74) is 2.70. The summed E-state index contributed by atoms with van der Waals surface area (Å²) in [7, 11) is 0. The highest BCUT2D eigenvalue weighted by Crippen LogP contribution is 2.48. The third-order valence-corrected chi connectivity index (χ3v) is 7.54. The number of benzene rings is 1. The van der Waals surface area contributed by atoms with Crippen molar-refractivity contribution in [3.8, 4) is 11.1 Å². The first-order chi connectivity index (χ1) is 18.3. The van der Waals surface area contributed by atoms with Gasteiger partial charge < -0.3 is 9.80 Å². The summed E-state index contributed by atoms with van der Waals surface area (Å²) in [5.74, 6) is -2.09. The fourth-order valence-electron chi connectivity index (χ4n) is 5.71. The second-order valence-corrected chi connectivity index (χ2v) is 9.57. The molecule has 0 bridgehead atoms. The fourth-order valence-corrected chi connectivity index (χ4v) is 5.71. The van der Waals surface area contributed by atoms with E-state index in [1.165, 1.54) is 0 Å². The summed E-state index contributed by atoms with van der Waals surface area (Å²) < 4.78 is 39.1. The normalized spacial score (nSPS) is 16.8. The Morgan fingerprint density at radius 3 is 2.45 bits per heavy atom. The zero-order valence-electron chi connectivity index (χ0n) is 20.2. The molecule has 0 radical (unpaired) electrons. The van der Waals surface area contributed by atoms with Gasteiger partial charge in [0.05, 0.1) is 29.5 Å². The average molecular weight is 518 g/mol. The summed E-state index contributed by atoms with van der Waals surface area (Å²) in [6, 6.07) is 13.4. The summed E-state index contributed by atoms with van der Waals surface area (Å²) in [6.45, 7) is -0.163. The summed E-state index contributed by atoms with van der Waals surface area (Å²) in [4.78, 5) is 41.5. The van der Waals surface area contributed by atoms with Crippen LogP contribution in [0, 0.1) is 0 Å². The van der Waals surface area contributed by atoms with E-state index < -0.39 is 17.5 Å². The van der Waals surface area contributed by atoms with Gasteiger partial charge in [-0.3, -0.25) is 24.5 Å². The van der Waals surface area contributed by atoms with Gasteiger partial charge in [-0.25, -0.2) is 0 Å². The van der Waals surface area contributed by atoms with Gasteiger partial charge in [0.15, 0.2) is 0 Å². The smallest absolute Gasteiger partial charge is 0.335 e. The van der Waals surface area contributed by atoms with Gasteiger partial charge in [0.1, 0.15) is 0 Å². The predicted octanol–water partition coefficient (Wildman–Crippen LogP) is 4.66. The van der Waals surface area contributed by atoms with Gasteiger partial charge in [0, 0.05) is 54.4 Å². The molecule has 1 saturated heterocycles. The Morgan fingerprint density at radius 2 is 1.71 bits per heavy atom. The lowest BCUT2D eigenvalue weighted by Gasteiger charge is -2.38. The van der Waals surface area contributed by atoms with Crippen LogP contribution in [0.1, 0.15) is 24.1 Å². The van der Waals surface area contributed by atoms with Gasteiger partial charge in [0.2, 0.25) is 5.91 Å². The molecule has 0 saturated carbocycles. The Kier molecular flexibility index (Phi) is 5.62. The van der Waals surface area contributed by atoms with Crippen LogP contribution in [-0.2, 0) is 21.5 Å². The maximum absolute atomic E-state index is 14.1. The molecule has 192 valence electrons. The van der Waals surface area contributed by atoms with Crippen LogP contribution in [0.4, 0.5) is 18.9 Å². The Bertz CT molecular complexity index is 1550. The molecule has 4 aromatic rings. The Hall–Kier alpha value is -4.34. The molecule has 0 atom stereocenters. The first-order valence-electron chi connectivity index (χ1n) is 12.2. The summed E-state index contributed by atoms with van der Waals surface area (Å²) in [6.07, 6.45) is 3.66. The minimum atomic E-state index is -4.94. The number of likely N-dealkylation sites (tertiary alicyclic amines) is 1. The summed E-state index contributed by atoms with van der Waals surface area (Å²) in [5, 5.41) is 1.92. The molecular formula is C28H22F3N5O2. The lowest BCUT2D eigenvalue weighted by Crippen LogP contribution is -2.52. The third kappa shape index (κ3) is 3.79. The van der Waals surface area contributed by atoms with Crippen LogP contribution in [-0.4, -0.2) is 50.9 Å². The van der Waals surface area contributed by atoms with E-state index in [1.807, 2.05) is 36.4 Å². The number of amides is 2. The number of pyridine rings is 3. The van der Waals surface area contributed by atoms with Crippen LogP contribution in [0.5, 0.6) is 0 Å². The number of halogens is 3. The number of carbonyl (C=O) groups excluding carboxylic acids is 2. The Morgan fingerprint density at radius 1 is 0.947 bits per heavy atom. The molecular weight excluding hydrogens is 495 g/mol. The largest absolute Gasteiger partial charge is 0.471 e. The van der Waals surface area contributed by atoms with E-state index in [0.29, 0.717) is 11.4 Å². The number of piperidine rings is 1. The average Bonchev–Trinajstić information content (AvgIpc) is 3.15. The molecule has 1 spiro atoms. The molecule has 38 heavy (non-hydrogen) atoms. The highest BCUT2D eigenvalue weighted by Gasteiger charge is 2.54. The molecule has 7 nitrogen and oxygen atoms in total. The van der Waals surface area contributed by atoms with E-state index in [0.717, 1.165) is 32.4 Å². The second kappa shape index (κ2) is 8.90. The molecule has 0 aliphatic carbocycles. The summed E-state index contributed by atoms with van der Waals surface area (Å²) >= 11 is 0. The number of rotatable bonds is 3. The van der Waals surface area contributed by atoms with E-state index in [2.05, 4.69) is 9.97 Å². The Labute approximate surface area is 215 Å². The third-order valence-electron chi connectivity index (χ3n) is 7.54. The first kappa shape index (κ1) is 24.0. The van der Waals surface area contributed by atoms with Crippen molar-refractivity contribution in [1.29, 1.82) is 0 Å². The quantitative estimate of drug-likeness (QED) is 0.395. The molecule has 2 aliphatic heterocycles. The first-order valence-corrected chi connectivity index (χ1v) is 12.2. The number of anilines is 1. The van der Waals surface area contributed by atoms with Crippen LogP contribution in [0.3, 0.4) is 0 Å². The molecule has 2 aliphatic rings. The molecule has 10 heteroatoms. The van der Waals surface area contributed by atoms with Crippen molar-refractivity contribution in [2.75, 3.05) is 18.0 Å². The van der Waals surface area contributed by atoms with Crippen molar-refractivity contribution in [3.05, 3.63) is 84.7 Å². The van der Waals surface area contributed by atoms with Crippen molar-refractivity contribution in [3.63, 3.8) is 0 Å². The van der Waals surface area contributed by atoms with Gasteiger partial charge in [-0.2, -0.15) is 13.2 Å². The molecule has 2 amide bonds. The standard InChI is InChI=1S/C28H22F3N5O2/c29-28(30,31)26(38)35-12-8-27(9-13-35)21-7-11-33-16-23(21)36(25(27)37)17-22-24(19-5-3-10-32-14-19)20-6-2-1-4-18(20)15-34-22/h1-7,10-11,14-16H,8-9,12-13,17H2. The van der Waals surface area contributed by atoms with E-state index >= 15 is 0 Å². The SMILES string of the molecule is O=C(N1CCC2(CC1)C(=O)N(Cc1ncc3ccccc3c1-c1cccnc1)c1cnccc12)C(F)(F)F. The maximum Gasteiger partial charge on any atom is 0.471 e. The molecule has 6 rings (SSSR count). The van der Waals surface area contributed by atoms with E-state index in [9.17, 15) is 22.8 Å². The number of nitrogens with zero attached hydrogens (tertiary/aromatic N) is 5. The number of hydrogen-bond donors (Lipinski definition) is 0. The number of alkyl halides is 3.